The summed E-state index contributed by atoms with van der Waals surface area (Å²) in [5.41, 5.74) is 4.89. The van der Waals surface area contributed by atoms with E-state index >= 15 is 0 Å². The standard InChI is InChI=1S/C23H26N4O/c1-17(18-4-2-6-22-19(8-7-18)9-13-28-22)26-11-12-27-15-21(25-23(27)16-26)20-5-3-10-24-14-20/h3-5,7-8,10,14-15,17H,2,6,9,11-13,16H2,1H3. The quantitative estimate of drug-likeness (QED) is 0.811. The van der Waals surface area contributed by atoms with Gasteiger partial charge in [-0.25, -0.2) is 4.98 Å². The van der Waals surface area contributed by atoms with E-state index in [0.29, 0.717) is 6.04 Å². The van der Waals surface area contributed by atoms with Crippen molar-refractivity contribution in [1.82, 2.24) is 19.4 Å². The summed E-state index contributed by atoms with van der Waals surface area (Å²) in [7, 11) is 0. The molecule has 0 saturated carbocycles. The van der Waals surface area contributed by atoms with Crippen molar-refractivity contribution in [3.05, 3.63) is 71.7 Å². The SMILES string of the molecule is CC(C1=CCCC2=C(C=C1)CCO2)N1CCn2cc(-c3cccnc3)nc2C1. The number of allylic oxidation sites excluding steroid dienone is 3. The largest absolute Gasteiger partial charge is 0.497 e. The Morgan fingerprint density at radius 3 is 3.04 bits per heavy atom. The third kappa shape index (κ3) is 3.31. The molecule has 0 saturated heterocycles. The second-order valence-corrected chi connectivity index (χ2v) is 7.75. The Morgan fingerprint density at radius 2 is 2.14 bits per heavy atom. The number of ether oxygens (including phenoxy) is 1. The lowest BCUT2D eigenvalue weighted by molar-refractivity contribution is 0.184. The average molecular weight is 374 g/mol. The number of hydrogen-bond acceptors (Lipinski definition) is 4. The molecule has 5 nitrogen and oxygen atoms in total. The molecule has 0 spiro atoms. The van der Waals surface area contributed by atoms with Crippen LogP contribution in [-0.2, 0) is 17.8 Å². The summed E-state index contributed by atoms with van der Waals surface area (Å²) in [4.78, 5) is 11.7. The third-order valence-electron chi connectivity index (χ3n) is 6.05. The summed E-state index contributed by atoms with van der Waals surface area (Å²) in [6.45, 7) is 6.06. The lowest BCUT2D eigenvalue weighted by atomic mass is 9.98. The zero-order chi connectivity index (χ0) is 18.9. The summed E-state index contributed by atoms with van der Waals surface area (Å²) in [5, 5.41) is 0. The zero-order valence-electron chi connectivity index (χ0n) is 16.3. The topological polar surface area (TPSA) is 43.2 Å². The maximum absolute atomic E-state index is 5.76. The molecule has 28 heavy (non-hydrogen) atoms. The molecule has 3 aliphatic rings. The van der Waals surface area contributed by atoms with Crippen LogP contribution in [0.25, 0.3) is 11.3 Å². The van der Waals surface area contributed by atoms with E-state index in [-0.39, 0.29) is 0 Å². The second kappa shape index (κ2) is 7.40. The summed E-state index contributed by atoms with van der Waals surface area (Å²) in [6, 6.07) is 4.42. The predicted octanol–water partition coefficient (Wildman–Crippen LogP) is 4.10. The Labute approximate surface area is 166 Å². The molecular formula is C23H26N4O. The van der Waals surface area contributed by atoms with Crippen molar-refractivity contribution in [1.29, 1.82) is 0 Å². The van der Waals surface area contributed by atoms with Gasteiger partial charge in [0.1, 0.15) is 5.82 Å². The molecule has 5 rings (SSSR count). The summed E-state index contributed by atoms with van der Waals surface area (Å²) >= 11 is 0. The minimum absolute atomic E-state index is 0.382. The maximum Gasteiger partial charge on any atom is 0.123 e. The number of fused-ring (bicyclic) bond motifs is 1. The first kappa shape index (κ1) is 17.4. The monoisotopic (exact) mass is 374 g/mol. The molecule has 1 unspecified atom stereocenters. The molecule has 2 aliphatic heterocycles. The van der Waals surface area contributed by atoms with E-state index in [9.17, 15) is 0 Å². The number of nitrogens with zero attached hydrogens (tertiary/aromatic N) is 4. The number of pyridine rings is 1. The van der Waals surface area contributed by atoms with Gasteiger partial charge < -0.3 is 9.30 Å². The van der Waals surface area contributed by atoms with Crippen LogP contribution < -0.4 is 0 Å². The molecule has 0 amide bonds. The van der Waals surface area contributed by atoms with Crippen LogP contribution >= 0.6 is 0 Å². The van der Waals surface area contributed by atoms with Crippen molar-refractivity contribution in [2.45, 2.75) is 45.3 Å². The Morgan fingerprint density at radius 1 is 1.18 bits per heavy atom. The van der Waals surface area contributed by atoms with Crippen LogP contribution in [-0.4, -0.2) is 38.6 Å². The number of imidazole rings is 1. The molecule has 4 heterocycles. The van der Waals surface area contributed by atoms with Crippen LogP contribution in [0.2, 0.25) is 0 Å². The van der Waals surface area contributed by atoms with Crippen molar-refractivity contribution in [3.8, 4) is 11.3 Å². The van der Waals surface area contributed by atoms with Crippen molar-refractivity contribution >= 4 is 0 Å². The van der Waals surface area contributed by atoms with Gasteiger partial charge in [-0.3, -0.25) is 9.88 Å². The van der Waals surface area contributed by atoms with E-state index in [1.807, 2.05) is 12.3 Å². The lowest BCUT2D eigenvalue weighted by Crippen LogP contribution is -2.40. The van der Waals surface area contributed by atoms with Gasteiger partial charge in [0.25, 0.3) is 0 Å². The molecule has 2 aromatic rings. The maximum atomic E-state index is 5.76. The molecule has 0 radical (unpaired) electrons. The van der Waals surface area contributed by atoms with Crippen LogP contribution in [0.4, 0.5) is 0 Å². The van der Waals surface area contributed by atoms with Crippen LogP contribution in [0.5, 0.6) is 0 Å². The van der Waals surface area contributed by atoms with Gasteiger partial charge in [-0.15, -0.1) is 0 Å². The van der Waals surface area contributed by atoms with E-state index in [4.69, 9.17) is 9.72 Å². The minimum atomic E-state index is 0.382. The highest BCUT2D eigenvalue weighted by atomic mass is 16.5. The molecule has 1 aliphatic carbocycles. The van der Waals surface area contributed by atoms with Crippen molar-refractivity contribution in [2.24, 2.45) is 0 Å². The zero-order valence-corrected chi connectivity index (χ0v) is 16.3. The van der Waals surface area contributed by atoms with Gasteiger partial charge >= 0.3 is 0 Å². The first-order valence-electron chi connectivity index (χ1n) is 10.2. The summed E-state index contributed by atoms with van der Waals surface area (Å²) in [6.07, 6.45) is 15.9. The van der Waals surface area contributed by atoms with Gasteiger partial charge in [0.05, 0.1) is 24.6 Å². The predicted molar refractivity (Wildman–Crippen MR) is 109 cm³/mol. The van der Waals surface area contributed by atoms with Crippen LogP contribution in [0.1, 0.15) is 32.0 Å². The number of rotatable bonds is 3. The Balaban J connectivity index is 1.33. The van der Waals surface area contributed by atoms with E-state index in [1.54, 1.807) is 6.20 Å². The van der Waals surface area contributed by atoms with Gasteiger partial charge in [0.2, 0.25) is 0 Å². The average Bonchev–Trinajstić information content (AvgIpc) is 3.34. The molecule has 0 N–H and O–H groups in total. The fourth-order valence-corrected chi connectivity index (χ4v) is 4.34. The first-order chi connectivity index (χ1) is 13.8. The van der Waals surface area contributed by atoms with E-state index < -0.39 is 0 Å². The normalized spacial score (nSPS) is 20.7. The summed E-state index contributed by atoms with van der Waals surface area (Å²) < 4.78 is 8.05. The van der Waals surface area contributed by atoms with E-state index in [2.05, 4.69) is 51.9 Å². The lowest BCUT2D eigenvalue weighted by Gasteiger charge is -2.33. The van der Waals surface area contributed by atoms with Crippen molar-refractivity contribution in [3.63, 3.8) is 0 Å². The van der Waals surface area contributed by atoms with Gasteiger partial charge in [0, 0.05) is 56.1 Å². The van der Waals surface area contributed by atoms with Gasteiger partial charge in [-0.05, 0) is 36.6 Å². The van der Waals surface area contributed by atoms with E-state index in [0.717, 1.165) is 62.6 Å². The molecule has 0 aromatic carbocycles. The summed E-state index contributed by atoms with van der Waals surface area (Å²) in [5.74, 6) is 2.34. The molecule has 2 aromatic heterocycles. The van der Waals surface area contributed by atoms with Crippen molar-refractivity contribution in [2.75, 3.05) is 13.2 Å². The smallest absolute Gasteiger partial charge is 0.123 e. The molecular weight excluding hydrogens is 348 g/mol. The fourth-order valence-electron chi connectivity index (χ4n) is 4.34. The van der Waals surface area contributed by atoms with Gasteiger partial charge in [0.15, 0.2) is 0 Å². The van der Waals surface area contributed by atoms with Crippen molar-refractivity contribution < 1.29 is 4.74 Å². The fraction of sp³-hybridized carbons (Fsp3) is 0.391. The minimum Gasteiger partial charge on any atom is -0.497 e. The Hall–Kier alpha value is -2.66. The Bertz CT molecular complexity index is 954. The molecule has 1 atom stereocenters. The van der Waals surface area contributed by atoms with Crippen LogP contribution in [0.3, 0.4) is 0 Å². The molecule has 0 fully saturated rings. The first-order valence-corrected chi connectivity index (χ1v) is 10.2. The van der Waals surface area contributed by atoms with Crippen LogP contribution in [0, 0.1) is 0 Å². The molecule has 144 valence electrons. The number of hydrogen-bond donors (Lipinski definition) is 0. The number of aromatic nitrogens is 3. The van der Waals surface area contributed by atoms with Gasteiger partial charge in [-0.2, -0.15) is 0 Å². The second-order valence-electron chi connectivity index (χ2n) is 7.75. The third-order valence-corrected chi connectivity index (χ3v) is 6.05. The van der Waals surface area contributed by atoms with E-state index in [1.165, 1.54) is 16.9 Å². The van der Waals surface area contributed by atoms with Gasteiger partial charge in [-0.1, -0.05) is 18.2 Å². The highest BCUT2D eigenvalue weighted by Gasteiger charge is 2.25. The van der Waals surface area contributed by atoms with Crippen LogP contribution in [0.15, 0.2) is 65.9 Å². The Kier molecular flexibility index (Phi) is 4.61. The highest BCUT2D eigenvalue weighted by molar-refractivity contribution is 5.57. The molecule has 5 heteroatoms. The molecule has 0 bridgehead atoms. The highest BCUT2D eigenvalue weighted by Crippen LogP contribution is 2.29.